The number of rotatable bonds is 7. The summed E-state index contributed by atoms with van der Waals surface area (Å²) in [5.41, 5.74) is 0.730. The molecule has 1 aromatic heterocycles. The van der Waals surface area contributed by atoms with Crippen molar-refractivity contribution in [2.75, 3.05) is 18.6 Å². The van der Waals surface area contributed by atoms with E-state index in [0.29, 0.717) is 11.6 Å². The number of anilines is 1. The lowest BCUT2D eigenvalue weighted by molar-refractivity contribution is 0.0685. The highest BCUT2D eigenvalue weighted by molar-refractivity contribution is 6.31. The Bertz CT molecular complexity index is 1120. The Labute approximate surface area is 179 Å². The molecule has 0 aliphatic rings. The number of hydrogen-bond acceptors (Lipinski definition) is 5. The monoisotopic (exact) mass is 427 g/mol. The van der Waals surface area contributed by atoms with E-state index in [2.05, 4.69) is 4.98 Å². The van der Waals surface area contributed by atoms with Crippen molar-refractivity contribution >= 4 is 23.5 Å². The molecule has 3 rings (SSSR count). The third-order valence-corrected chi connectivity index (χ3v) is 5.20. The lowest BCUT2D eigenvalue weighted by atomic mass is 9.97. The summed E-state index contributed by atoms with van der Waals surface area (Å²) in [4.78, 5) is 30.7. The molecule has 2 aromatic carbocycles. The third kappa shape index (κ3) is 3.89. The van der Waals surface area contributed by atoms with E-state index in [9.17, 15) is 14.7 Å². The maximum atomic E-state index is 12.8. The van der Waals surface area contributed by atoms with Crippen LogP contribution in [0.4, 0.5) is 5.95 Å². The second-order valence-electron chi connectivity index (χ2n) is 6.58. The number of halogens is 1. The summed E-state index contributed by atoms with van der Waals surface area (Å²) < 4.78 is 6.31. The van der Waals surface area contributed by atoms with Crippen molar-refractivity contribution in [2.24, 2.45) is 7.05 Å². The maximum absolute atomic E-state index is 12.8. The molecule has 1 atom stereocenters. The molecule has 0 bridgehead atoms. The summed E-state index contributed by atoms with van der Waals surface area (Å²) in [7, 11) is 2.79. The van der Waals surface area contributed by atoms with E-state index in [1.165, 1.54) is 18.7 Å². The zero-order valence-corrected chi connectivity index (χ0v) is 17.6. The van der Waals surface area contributed by atoms with Gasteiger partial charge in [-0.25, -0.2) is 9.78 Å². The Kier molecular flexibility index (Phi) is 6.42. The predicted molar refractivity (Wildman–Crippen MR) is 116 cm³/mol. The first-order chi connectivity index (χ1) is 14.4. The number of aromatic carboxylic acids is 1. The van der Waals surface area contributed by atoms with Crippen molar-refractivity contribution in [1.29, 1.82) is 0 Å². The van der Waals surface area contributed by atoms with Crippen LogP contribution in [0, 0.1) is 0 Å². The molecular formula is C22H22ClN3O4. The van der Waals surface area contributed by atoms with Crippen LogP contribution in [-0.2, 0) is 7.05 Å². The van der Waals surface area contributed by atoms with Gasteiger partial charge in [0.15, 0.2) is 5.69 Å². The minimum Gasteiger partial charge on any atom is -0.489 e. The molecule has 156 valence electrons. The molecule has 0 aliphatic carbocycles. The van der Waals surface area contributed by atoms with Gasteiger partial charge in [-0.2, -0.15) is 0 Å². The highest BCUT2D eigenvalue weighted by atomic mass is 35.5. The van der Waals surface area contributed by atoms with Crippen molar-refractivity contribution in [3.8, 4) is 5.75 Å². The highest BCUT2D eigenvalue weighted by Gasteiger charge is 2.29. The number of ether oxygens (including phenoxy) is 1. The SMILES string of the molecule is CCN(c1nc(C(=O)O)c(OC)c(=O)n1C)C(c1ccccc1)c1ccccc1Cl. The molecule has 0 saturated carbocycles. The van der Waals surface area contributed by atoms with E-state index in [1.807, 2.05) is 60.4 Å². The zero-order valence-electron chi connectivity index (χ0n) is 16.9. The topological polar surface area (TPSA) is 84.7 Å². The number of benzene rings is 2. The molecule has 1 N–H and O–H groups in total. The van der Waals surface area contributed by atoms with E-state index >= 15 is 0 Å². The van der Waals surface area contributed by atoms with Crippen LogP contribution < -0.4 is 15.2 Å². The van der Waals surface area contributed by atoms with E-state index in [4.69, 9.17) is 16.3 Å². The summed E-state index contributed by atoms with van der Waals surface area (Å²) >= 11 is 6.53. The molecule has 7 nitrogen and oxygen atoms in total. The first-order valence-electron chi connectivity index (χ1n) is 9.35. The van der Waals surface area contributed by atoms with E-state index < -0.39 is 23.3 Å². The standard InChI is InChI=1S/C22H22ClN3O4/c1-4-26(22-24-17(21(28)29)19(30-3)20(27)25(22)2)18(14-10-6-5-7-11-14)15-12-8-9-13-16(15)23/h5-13,18H,4H2,1-3H3,(H,28,29). The number of carbonyl (C=O) groups is 1. The number of hydrogen-bond donors (Lipinski definition) is 1. The Morgan fingerprint density at radius 1 is 1.20 bits per heavy atom. The average Bonchev–Trinajstić information content (AvgIpc) is 2.75. The molecule has 8 heteroatoms. The van der Waals surface area contributed by atoms with Gasteiger partial charge in [0.05, 0.1) is 13.2 Å². The van der Waals surface area contributed by atoms with Crippen LogP contribution in [-0.4, -0.2) is 34.3 Å². The molecule has 30 heavy (non-hydrogen) atoms. The number of aromatic nitrogens is 2. The van der Waals surface area contributed by atoms with Crippen LogP contribution in [0.3, 0.4) is 0 Å². The minimum atomic E-state index is -1.34. The van der Waals surface area contributed by atoms with Crippen molar-refractivity contribution in [2.45, 2.75) is 13.0 Å². The minimum absolute atomic E-state index is 0.203. The van der Waals surface area contributed by atoms with Crippen LogP contribution in [0.2, 0.25) is 5.02 Å². The molecule has 0 amide bonds. The first-order valence-corrected chi connectivity index (χ1v) is 9.72. The summed E-state index contributed by atoms with van der Waals surface area (Å²) in [5.74, 6) is -1.44. The average molecular weight is 428 g/mol. The zero-order chi connectivity index (χ0) is 21.8. The van der Waals surface area contributed by atoms with E-state index in [-0.39, 0.29) is 11.7 Å². The molecular weight excluding hydrogens is 406 g/mol. The molecule has 0 saturated heterocycles. The van der Waals surface area contributed by atoms with Crippen LogP contribution in [0.25, 0.3) is 0 Å². The number of methoxy groups -OCH3 is 1. The van der Waals surface area contributed by atoms with E-state index in [0.717, 1.165) is 11.1 Å². The number of carboxylic acids is 1. The number of nitrogens with zero attached hydrogens (tertiary/aromatic N) is 3. The van der Waals surface area contributed by atoms with Crippen molar-refractivity contribution < 1.29 is 14.6 Å². The van der Waals surface area contributed by atoms with Gasteiger partial charge in [-0.3, -0.25) is 9.36 Å². The molecule has 3 aromatic rings. The largest absolute Gasteiger partial charge is 0.489 e. The van der Waals surface area contributed by atoms with Crippen molar-refractivity contribution in [3.63, 3.8) is 0 Å². The van der Waals surface area contributed by atoms with Crippen LogP contribution in [0.5, 0.6) is 5.75 Å². The Morgan fingerprint density at radius 3 is 2.40 bits per heavy atom. The summed E-state index contributed by atoms with van der Waals surface area (Å²) in [5, 5.41) is 10.1. The lowest BCUT2D eigenvalue weighted by Gasteiger charge is -2.34. The van der Waals surface area contributed by atoms with Crippen molar-refractivity contribution in [3.05, 3.63) is 86.8 Å². The van der Waals surface area contributed by atoms with Gasteiger partial charge in [0, 0.05) is 18.6 Å². The Morgan fingerprint density at radius 2 is 1.83 bits per heavy atom. The van der Waals surface area contributed by atoms with Crippen LogP contribution in [0.15, 0.2) is 59.4 Å². The summed E-state index contributed by atoms with van der Waals surface area (Å²) in [6.07, 6.45) is 0. The fraction of sp³-hybridized carbons (Fsp3) is 0.227. The van der Waals surface area contributed by atoms with Gasteiger partial charge in [-0.05, 0) is 24.1 Å². The molecule has 0 fully saturated rings. The molecule has 1 heterocycles. The van der Waals surface area contributed by atoms with Gasteiger partial charge in [0.2, 0.25) is 11.7 Å². The normalized spacial score (nSPS) is 11.7. The van der Waals surface area contributed by atoms with Crippen molar-refractivity contribution in [1.82, 2.24) is 9.55 Å². The van der Waals surface area contributed by atoms with Gasteiger partial charge in [-0.15, -0.1) is 0 Å². The second kappa shape index (κ2) is 9.00. The van der Waals surface area contributed by atoms with Gasteiger partial charge < -0.3 is 14.7 Å². The van der Waals surface area contributed by atoms with Crippen LogP contribution in [0.1, 0.15) is 34.6 Å². The summed E-state index contributed by atoms with van der Waals surface area (Å²) in [6, 6.07) is 16.7. The summed E-state index contributed by atoms with van der Waals surface area (Å²) in [6.45, 7) is 2.35. The second-order valence-corrected chi connectivity index (χ2v) is 6.99. The van der Waals surface area contributed by atoms with Gasteiger partial charge in [0.25, 0.3) is 5.56 Å². The molecule has 0 spiro atoms. The number of carboxylic acid groups (broad SMARTS) is 1. The fourth-order valence-corrected chi connectivity index (χ4v) is 3.69. The maximum Gasteiger partial charge on any atom is 0.358 e. The fourth-order valence-electron chi connectivity index (χ4n) is 3.46. The molecule has 0 aliphatic heterocycles. The third-order valence-electron chi connectivity index (χ3n) is 4.86. The van der Waals surface area contributed by atoms with Crippen LogP contribution >= 0.6 is 11.6 Å². The molecule has 1 unspecified atom stereocenters. The smallest absolute Gasteiger partial charge is 0.358 e. The predicted octanol–water partition coefficient (Wildman–Crippen LogP) is 3.76. The van der Waals surface area contributed by atoms with E-state index in [1.54, 1.807) is 6.07 Å². The van der Waals surface area contributed by atoms with Gasteiger partial charge in [-0.1, -0.05) is 60.1 Å². The molecule has 0 radical (unpaired) electrons. The first kappa shape index (κ1) is 21.4. The Balaban J connectivity index is 2.30. The quantitative estimate of drug-likeness (QED) is 0.618. The highest BCUT2D eigenvalue weighted by Crippen LogP contribution is 2.35. The Hall–Kier alpha value is -3.32. The van der Waals surface area contributed by atoms with Gasteiger partial charge >= 0.3 is 5.97 Å². The van der Waals surface area contributed by atoms with Gasteiger partial charge in [0.1, 0.15) is 0 Å². The lowest BCUT2D eigenvalue weighted by Crippen LogP contribution is -2.37.